The van der Waals surface area contributed by atoms with Crippen molar-refractivity contribution in [1.29, 1.82) is 0 Å². The first-order chi connectivity index (χ1) is 7.65. The number of carbonyl (C=O) groups is 1. The molecule has 2 aliphatic heterocycles. The van der Waals surface area contributed by atoms with Crippen molar-refractivity contribution < 1.29 is 9.90 Å². The fourth-order valence-corrected chi connectivity index (χ4v) is 2.78. The van der Waals surface area contributed by atoms with E-state index in [-0.39, 0.29) is 12.0 Å². The summed E-state index contributed by atoms with van der Waals surface area (Å²) in [5.41, 5.74) is 0. The number of aliphatic hydroxyl groups is 1. The lowest BCUT2D eigenvalue weighted by Gasteiger charge is -2.30. The molecule has 2 heterocycles. The number of nitrogens with zero attached hydrogens (tertiary/aromatic N) is 2. The number of likely N-dealkylation sites (tertiary alicyclic amines) is 2. The van der Waals surface area contributed by atoms with E-state index in [1.165, 1.54) is 12.8 Å². The predicted molar refractivity (Wildman–Crippen MR) is 62.0 cm³/mol. The predicted octanol–water partition coefficient (Wildman–Crippen LogP) is 0.311. The summed E-state index contributed by atoms with van der Waals surface area (Å²) >= 11 is 0. The summed E-state index contributed by atoms with van der Waals surface area (Å²) in [6, 6.07) is 0. The first kappa shape index (κ1) is 11.9. The van der Waals surface area contributed by atoms with Crippen molar-refractivity contribution in [3.63, 3.8) is 0 Å². The Hall–Kier alpha value is -0.610. The van der Waals surface area contributed by atoms with E-state index in [2.05, 4.69) is 11.9 Å². The molecule has 2 fully saturated rings. The van der Waals surface area contributed by atoms with Crippen LogP contribution >= 0.6 is 0 Å². The third-order valence-corrected chi connectivity index (χ3v) is 3.70. The number of rotatable bonds is 2. The van der Waals surface area contributed by atoms with Crippen LogP contribution in [0.4, 0.5) is 0 Å². The molecule has 0 saturated carbocycles. The van der Waals surface area contributed by atoms with Gasteiger partial charge in [0.05, 0.1) is 6.10 Å². The molecule has 0 aromatic carbocycles. The maximum Gasteiger partial charge on any atom is 0.222 e. The zero-order valence-corrected chi connectivity index (χ0v) is 10.1. The van der Waals surface area contributed by atoms with Crippen molar-refractivity contribution in [3.8, 4) is 0 Å². The topological polar surface area (TPSA) is 43.8 Å². The van der Waals surface area contributed by atoms with Crippen LogP contribution in [0, 0.1) is 5.92 Å². The average Bonchev–Trinajstić information content (AvgIpc) is 2.65. The number of β-amino-alcohol motifs (C(OH)–C–C–N with tert-alkyl or cyclic N) is 1. The monoisotopic (exact) mass is 226 g/mol. The maximum atomic E-state index is 12.0. The van der Waals surface area contributed by atoms with E-state index in [0.717, 1.165) is 26.1 Å². The van der Waals surface area contributed by atoms with Gasteiger partial charge >= 0.3 is 0 Å². The van der Waals surface area contributed by atoms with Gasteiger partial charge in [-0.3, -0.25) is 4.79 Å². The van der Waals surface area contributed by atoms with Gasteiger partial charge in [0.2, 0.25) is 5.91 Å². The van der Waals surface area contributed by atoms with Gasteiger partial charge in [0.25, 0.3) is 0 Å². The fourth-order valence-electron chi connectivity index (χ4n) is 2.78. The number of piperidine rings is 1. The molecule has 1 N–H and O–H groups in total. The van der Waals surface area contributed by atoms with E-state index in [0.29, 0.717) is 18.9 Å². The summed E-state index contributed by atoms with van der Waals surface area (Å²) in [5, 5.41) is 9.39. The highest BCUT2D eigenvalue weighted by Gasteiger charge is 2.27. The van der Waals surface area contributed by atoms with Gasteiger partial charge in [-0.25, -0.2) is 0 Å². The molecule has 0 spiro atoms. The number of aliphatic hydroxyl groups excluding tert-OH is 1. The smallest absolute Gasteiger partial charge is 0.222 e. The molecule has 1 amide bonds. The molecule has 2 aliphatic rings. The molecule has 2 saturated heterocycles. The lowest BCUT2D eigenvalue weighted by Crippen LogP contribution is -2.37. The SMILES string of the molecule is CN1CCCC(CC(=O)N2CCC(O)C2)C1. The molecule has 0 radical (unpaired) electrons. The van der Waals surface area contributed by atoms with Crippen molar-refractivity contribution in [2.45, 2.75) is 31.8 Å². The first-order valence-electron chi connectivity index (χ1n) is 6.29. The Labute approximate surface area is 97.2 Å². The van der Waals surface area contributed by atoms with Gasteiger partial charge in [0.15, 0.2) is 0 Å². The summed E-state index contributed by atoms with van der Waals surface area (Å²) in [4.78, 5) is 16.1. The van der Waals surface area contributed by atoms with E-state index in [1.807, 2.05) is 4.90 Å². The maximum absolute atomic E-state index is 12.0. The van der Waals surface area contributed by atoms with Gasteiger partial charge in [0, 0.05) is 26.1 Å². The molecule has 0 aromatic heterocycles. The summed E-state index contributed by atoms with van der Waals surface area (Å²) in [6.45, 7) is 3.49. The largest absolute Gasteiger partial charge is 0.391 e. The van der Waals surface area contributed by atoms with Crippen LogP contribution in [0.5, 0.6) is 0 Å². The minimum absolute atomic E-state index is 0.233. The summed E-state index contributed by atoms with van der Waals surface area (Å²) < 4.78 is 0. The van der Waals surface area contributed by atoms with Crippen molar-refractivity contribution in [3.05, 3.63) is 0 Å². The lowest BCUT2D eigenvalue weighted by molar-refractivity contribution is -0.131. The van der Waals surface area contributed by atoms with Crippen molar-refractivity contribution in [2.75, 3.05) is 33.2 Å². The van der Waals surface area contributed by atoms with Crippen molar-refractivity contribution in [2.24, 2.45) is 5.92 Å². The molecule has 2 unspecified atom stereocenters. The molecule has 92 valence electrons. The van der Waals surface area contributed by atoms with Gasteiger partial charge < -0.3 is 14.9 Å². The van der Waals surface area contributed by atoms with Gasteiger partial charge in [0.1, 0.15) is 0 Å². The molecule has 2 atom stereocenters. The molecular formula is C12H22N2O2. The van der Waals surface area contributed by atoms with Crippen LogP contribution in [-0.4, -0.2) is 60.1 Å². The second-order valence-corrected chi connectivity index (χ2v) is 5.26. The molecule has 0 bridgehead atoms. The second-order valence-electron chi connectivity index (χ2n) is 5.26. The molecule has 0 aliphatic carbocycles. The van der Waals surface area contributed by atoms with Crippen LogP contribution in [0.25, 0.3) is 0 Å². The number of carbonyl (C=O) groups excluding carboxylic acids is 1. The third kappa shape index (κ3) is 2.95. The van der Waals surface area contributed by atoms with Crippen LogP contribution in [-0.2, 0) is 4.79 Å². The van der Waals surface area contributed by atoms with E-state index >= 15 is 0 Å². The first-order valence-corrected chi connectivity index (χ1v) is 6.29. The van der Waals surface area contributed by atoms with Crippen LogP contribution in [0.1, 0.15) is 25.7 Å². The van der Waals surface area contributed by atoms with Gasteiger partial charge in [-0.1, -0.05) is 0 Å². The third-order valence-electron chi connectivity index (χ3n) is 3.70. The van der Waals surface area contributed by atoms with Gasteiger partial charge in [-0.2, -0.15) is 0 Å². The standard InChI is InChI=1S/C12H22N2O2/c1-13-5-2-3-10(8-13)7-12(16)14-6-4-11(15)9-14/h10-11,15H,2-9H2,1H3. The Kier molecular flexibility index (Phi) is 3.82. The van der Waals surface area contributed by atoms with E-state index < -0.39 is 0 Å². The molecular weight excluding hydrogens is 204 g/mol. The normalized spacial score (nSPS) is 32.0. The quantitative estimate of drug-likeness (QED) is 0.737. The minimum atomic E-state index is -0.294. The molecule has 4 heteroatoms. The highest BCUT2D eigenvalue weighted by molar-refractivity contribution is 5.76. The Morgan fingerprint density at radius 2 is 2.12 bits per heavy atom. The summed E-state index contributed by atoms with van der Waals surface area (Å²) in [6.07, 6.45) is 3.50. The van der Waals surface area contributed by atoms with Crippen LogP contribution in [0.15, 0.2) is 0 Å². The molecule has 16 heavy (non-hydrogen) atoms. The van der Waals surface area contributed by atoms with E-state index in [1.54, 1.807) is 0 Å². The Bertz CT molecular complexity index is 257. The lowest BCUT2D eigenvalue weighted by atomic mass is 9.94. The summed E-state index contributed by atoms with van der Waals surface area (Å²) in [7, 11) is 2.12. The zero-order valence-electron chi connectivity index (χ0n) is 10.1. The Morgan fingerprint density at radius 3 is 2.75 bits per heavy atom. The molecule has 0 aromatic rings. The van der Waals surface area contributed by atoms with Gasteiger partial charge in [-0.05, 0) is 38.8 Å². The van der Waals surface area contributed by atoms with E-state index in [4.69, 9.17) is 0 Å². The zero-order chi connectivity index (χ0) is 11.5. The second kappa shape index (κ2) is 5.15. The number of hydrogen-bond donors (Lipinski definition) is 1. The van der Waals surface area contributed by atoms with Crippen molar-refractivity contribution >= 4 is 5.91 Å². The molecule has 2 rings (SSSR count). The highest BCUT2D eigenvalue weighted by Crippen LogP contribution is 2.20. The van der Waals surface area contributed by atoms with Crippen molar-refractivity contribution in [1.82, 2.24) is 9.80 Å². The minimum Gasteiger partial charge on any atom is -0.391 e. The summed E-state index contributed by atoms with van der Waals surface area (Å²) in [5.74, 6) is 0.751. The Balaban J connectivity index is 1.78. The van der Waals surface area contributed by atoms with Crippen LogP contribution in [0.3, 0.4) is 0 Å². The number of hydrogen-bond acceptors (Lipinski definition) is 3. The van der Waals surface area contributed by atoms with Gasteiger partial charge in [-0.15, -0.1) is 0 Å². The van der Waals surface area contributed by atoms with Crippen LogP contribution in [0.2, 0.25) is 0 Å². The number of amides is 1. The highest BCUT2D eigenvalue weighted by atomic mass is 16.3. The van der Waals surface area contributed by atoms with E-state index in [9.17, 15) is 9.90 Å². The fraction of sp³-hybridized carbons (Fsp3) is 0.917. The average molecular weight is 226 g/mol. The Morgan fingerprint density at radius 1 is 1.31 bits per heavy atom. The van der Waals surface area contributed by atoms with Crippen LogP contribution < -0.4 is 0 Å². The molecule has 4 nitrogen and oxygen atoms in total.